The monoisotopic (exact) mass is 399 g/mol. The zero-order valence-corrected chi connectivity index (χ0v) is 14.9. The summed E-state index contributed by atoms with van der Waals surface area (Å²) < 4.78 is 58.0. The molecule has 2 aromatic rings. The molecule has 0 fully saturated rings. The van der Waals surface area contributed by atoms with E-state index in [1.807, 2.05) is 0 Å². The molecule has 0 amide bonds. The lowest BCUT2D eigenvalue weighted by molar-refractivity contribution is -0.0443. The van der Waals surface area contributed by atoms with Crippen LogP contribution >= 0.6 is 0 Å². The SMILES string of the molecule is N/N=C\N(N)CC(c1ccc(F)cc1F)C(F)(F)c1ccc(CCCO)cn1. The van der Waals surface area contributed by atoms with Crippen molar-refractivity contribution in [1.29, 1.82) is 0 Å². The highest BCUT2D eigenvalue weighted by Gasteiger charge is 2.45. The second-order valence-corrected chi connectivity index (χ2v) is 6.18. The van der Waals surface area contributed by atoms with E-state index in [4.69, 9.17) is 16.8 Å². The molecule has 0 aliphatic rings. The number of aliphatic hydroxyl groups is 1. The van der Waals surface area contributed by atoms with Gasteiger partial charge in [-0.1, -0.05) is 12.1 Å². The van der Waals surface area contributed by atoms with Crippen LogP contribution in [-0.4, -0.2) is 34.6 Å². The summed E-state index contributed by atoms with van der Waals surface area (Å²) >= 11 is 0. The summed E-state index contributed by atoms with van der Waals surface area (Å²) in [6.07, 6.45) is 3.14. The van der Waals surface area contributed by atoms with Crippen molar-refractivity contribution in [1.82, 2.24) is 9.99 Å². The van der Waals surface area contributed by atoms with E-state index in [-0.39, 0.29) is 6.61 Å². The molecule has 1 aromatic heterocycles. The second kappa shape index (κ2) is 9.47. The molecular weight excluding hydrogens is 378 g/mol. The first kappa shape index (κ1) is 21.6. The van der Waals surface area contributed by atoms with Crippen LogP contribution in [-0.2, 0) is 12.3 Å². The van der Waals surface area contributed by atoms with E-state index in [2.05, 4.69) is 10.1 Å². The largest absolute Gasteiger partial charge is 0.396 e. The van der Waals surface area contributed by atoms with Crippen molar-refractivity contribution in [3.63, 3.8) is 0 Å². The number of aliphatic hydroxyl groups excluding tert-OH is 1. The van der Waals surface area contributed by atoms with Gasteiger partial charge in [0.15, 0.2) is 0 Å². The van der Waals surface area contributed by atoms with Crippen molar-refractivity contribution in [3.8, 4) is 0 Å². The molecule has 5 N–H and O–H groups in total. The first-order chi connectivity index (χ1) is 13.3. The zero-order valence-electron chi connectivity index (χ0n) is 14.9. The van der Waals surface area contributed by atoms with Crippen LogP contribution in [0.15, 0.2) is 41.6 Å². The number of hydrogen-bond donors (Lipinski definition) is 3. The number of hydrogen-bond acceptors (Lipinski definition) is 5. The van der Waals surface area contributed by atoms with E-state index >= 15 is 8.78 Å². The van der Waals surface area contributed by atoms with Gasteiger partial charge < -0.3 is 10.9 Å². The molecule has 0 bridgehead atoms. The Hall–Kier alpha value is -2.72. The normalized spacial score (nSPS) is 13.1. The summed E-state index contributed by atoms with van der Waals surface area (Å²) in [4.78, 5) is 3.80. The molecule has 1 aromatic carbocycles. The quantitative estimate of drug-likeness (QED) is 0.197. The smallest absolute Gasteiger partial charge is 0.298 e. The number of nitrogens with zero attached hydrogens (tertiary/aromatic N) is 3. The van der Waals surface area contributed by atoms with Gasteiger partial charge in [0.25, 0.3) is 5.92 Å². The van der Waals surface area contributed by atoms with Crippen LogP contribution in [0.5, 0.6) is 0 Å². The third kappa shape index (κ3) is 5.17. The molecule has 1 heterocycles. The molecule has 152 valence electrons. The van der Waals surface area contributed by atoms with Gasteiger partial charge in [0.2, 0.25) is 0 Å². The van der Waals surface area contributed by atoms with Crippen LogP contribution in [0.1, 0.15) is 29.2 Å². The zero-order chi connectivity index (χ0) is 20.7. The fourth-order valence-corrected chi connectivity index (χ4v) is 2.77. The van der Waals surface area contributed by atoms with Crippen LogP contribution in [0.4, 0.5) is 17.6 Å². The fourth-order valence-electron chi connectivity index (χ4n) is 2.77. The fraction of sp³-hybridized carbons (Fsp3) is 0.333. The van der Waals surface area contributed by atoms with Gasteiger partial charge in [0, 0.05) is 25.4 Å². The molecule has 0 aliphatic carbocycles. The number of hydrazine groups is 1. The van der Waals surface area contributed by atoms with E-state index < -0.39 is 41.3 Å². The third-order valence-electron chi connectivity index (χ3n) is 4.17. The molecule has 1 atom stereocenters. The van der Waals surface area contributed by atoms with Crippen molar-refractivity contribution < 1.29 is 22.7 Å². The number of alkyl halides is 2. The van der Waals surface area contributed by atoms with Gasteiger partial charge in [0.1, 0.15) is 23.7 Å². The minimum absolute atomic E-state index is 0.0289. The lowest BCUT2D eigenvalue weighted by Gasteiger charge is -2.29. The Labute approximate surface area is 159 Å². The minimum Gasteiger partial charge on any atom is -0.396 e. The van der Waals surface area contributed by atoms with Gasteiger partial charge in [-0.05, 0) is 36.1 Å². The van der Waals surface area contributed by atoms with Gasteiger partial charge in [-0.2, -0.15) is 13.9 Å². The van der Waals surface area contributed by atoms with Crippen molar-refractivity contribution in [2.75, 3.05) is 13.2 Å². The predicted octanol–water partition coefficient (Wildman–Crippen LogP) is 2.24. The van der Waals surface area contributed by atoms with Gasteiger partial charge in [0.05, 0.1) is 5.92 Å². The minimum atomic E-state index is -3.63. The summed E-state index contributed by atoms with van der Waals surface area (Å²) in [5.74, 6) is 3.14. The van der Waals surface area contributed by atoms with E-state index in [9.17, 15) is 8.78 Å². The third-order valence-corrected chi connectivity index (χ3v) is 4.17. The Morgan fingerprint density at radius 3 is 2.57 bits per heavy atom. The van der Waals surface area contributed by atoms with Crippen LogP contribution < -0.4 is 11.7 Å². The maximum absolute atomic E-state index is 15.3. The Kier molecular flexibility index (Phi) is 7.30. The van der Waals surface area contributed by atoms with Crippen molar-refractivity contribution in [2.45, 2.75) is 24.7 Å². The highest BCUT2D eigenvalue weighted by atomic mass is 19.3. The summed E-state index contributed by atoms with van der Waals surface area (Å²) in [5, 5.41) is 12.8. The van der Waals surface area contributed by atoms with Gasteiger partial charge in [-0.25, -0.2) is 14.6 Å². The van der Waals surface area contributed by atoms with E-state index in [0.29, 0.717) is 24.5 Å². The maximum Gasteiger partial charge on any atom is 0.298 e. The average Bonchev–Trinajstić information content (AvgIpc) is 2.65. The molecule has 0 aliphatic heterocycles. The van der Waals surface area contributed by atoms with Crippen LogP contribution in [0.2, 0.25) is 0 Å². The molecular formula is C18H21F4N5O. The number of benzene rings is 1. The van der Waals surface area contributed by atoms with Gasteiger partial charge in [-0.3, -0.25) is 9.99 Å². The highest BCUT2D eigenvalue weighted by Crippen LogP contribution is 2.42. The highest BCUT2D eigenvalue weighted by molar-refractivity contribution is 5.53. The topological polar surface area (TPSA) is 101 Å². The molecule has 0 saturated carbocycles. The molecule has 0 saturated heterocycles. The van der Waals surface area contributed by atoms with E-state index in [0.717, 1.165) is 29.5 Å². The molecule has 28 heavy (non-hydrogen) atoms. The summed E-state index contributed by atoms with van der Waals surface area (Å²) in [5.41, 5.74) is -0.334. The summed E-state index contributed by atoms with van der Waals surface area (Å²) in [6.45, 7) is -0.580. The van der Waals surface area contributed by atoms with Crippen LogP contribution in [0.25, 0.3) is 0 Å². The predicted molar refractivity (Wildman–Crippen MR) is 96.2 cm³/mol. The first-order valence-electron chi connectivity index (χ1n) is 8.43. The van der Waals surface area contributed by atoms with Crippen LogP contribution in [0.3, 0.4) is 0 Å². The molecule has 1 unspecified atom stereocenters. The van der Waals surface area contributed by atoms with Crippen molar-refractivity contribution >= 4 is 6.34 Å². The van der Waals surface area contributed by atoms with Crippen molar-refractivity contribution in [3.05, 3.63) is 65.0 Å². The number of nitrogens with two attached hydrogens (primary N) is 2. The Balaban J connectivity index is 2.41. The number of pyridine rings is 1. The number of halogens is 4. The Morgan fingerprint density at radius 2 is 2.00 bits per heavy atom. The van der Waals surface area contributed by atoms with Crippen LogP contribution in [0, 0.1) is 11.6 Å². The number of hydrazone groups is 1. The maximum atomic E-state index is 15.3. The van der Waals surface area contributed by atoms with Gasteiger partial charge in [-0.15, -0.1) is 0 Å². The number of aromatic nitrogens is 1. The molecule has 10 heteroatoms. The first-order valence-corrected chi connectivity index (χ1v) is 8.43. The Bertz CT molecular complexity index is 801. The number of aryl methyl sites for hydroxylation is 1. The van der Waals surface area contributed by atoms with Gasteiger partial charge >= 0.3 is 0 Å². The Morgan fingerprint density at radius 1 is 1.25 bits per heavy atom. The second-order valence-electron chi connectivity index (χ2n) is 6.18. The van der Waals surface area contributed by atoms with E-state index in [1.54, 1.807) is 0 Å². The summed E-state index contributed by atoms with van der Waals surface area (Å²) in [6, 6.07) is 4.98. The molecule has 0 spiro atoms. The molecule has 6 nitrogen and oxygen atoms in total. The van der Waals surface area contributed by atoms with E-state index in [1.165, 1.54) is 12.3 Å². The standard InChI is InChI=1S/C18H21F4N5O/c19-13-4-5-14(16(20)8-13)15(10-27(24)11-26-23)18(21,22)17-6-3-12(9-25-17)2-1-7-28/h3-6,8-9,11,15,28H,1-2,7,10,23-24H2/b26-11-. The lowest BCUT2D eigenvalue weighted by atomic mass is 9.89. The number of rotatable bonds is 9. The molecule has 0 radical (unpaired) electrons. The summed E-state index contributed by atoms with van der Waals surface area (Å²) in [7, 11) is 0. The van der Waals surface area contributed by atoms with Crippen molar-refractivity contribution in [2.24, 2.45) is 16.8 Å². The molecule has 2 rings (SSSR count). The average molecular weight is 399 g/mol. The lowest BCUT2D eigenvalue weighted by Crippen LogP contribution is -2.40.